The van der Waals surface area contributed by atoms with Crippen molar-refractivity contribution in [1.82, 2.24) is 4.98 Å². The second-order valence-corrected chi connectivity index (χ2v) is 5.83. The van der Waals surface area contributed by atoms with E-state index in [1.165, 1.54) is 0 Å². The molecule has 0 aliphatic carbocycles. The van der Waals surface area contributed by atoms with Gasteiger partial charge in [-0.1, -0.05) is 30.3 Å². The molecular weight excluding hydrogens is 342 g/mol. The van der Waals surface area contributed by atoms with Crippen LogP contribution in [0, 0.1) is 0 Å². The van der Waals surface area contributed by atoms with Crippen molar-refractivity contribution in [3.8, 4) is 11.5 Å². The smallest absolute Gasteiger partial charge is 0.228 e. The maximum Gasteiger partial charge on any atom is 0.228 e. The van der Waals surface area contributed by atoms with Crippen molar-refractivity contribution in [1.29, 1.82) is 0 Å². The van der Waals surface area contributed by atoms with Crippen LogP contribution in [0.2, 0.25) is 0 Å². The quantitative estimate of drug-likeness (QED) is 0.663. The molecule has 0 unspecified atom stereocenters. The Hall–Kier alpha value is -3.54. The first-order valence-corrected chi connectivity index (χ1v) is 8.47. The highest BCUT2D eigenvalue weighted by Gasteiger charge is 2.07. The average Bonchev–Trinajstić information content (AvgIpc) is 2.70. The largest absolute Gasteiger partial charge is 0.497 e. The molecule has 0 radical (unpaired) electrons. The molecule has 0 spiro atoms. The number of methoxy groups -OCH3 is 2. The van der Waals surface area contributed by atoms with Crippen molar-refractivity contribution in [3.05, 3.63) is 72.4 Å². The van der Waals surface area contributed by atoms with Crippen LogP contribution in [0.3, 0.4) is 0 Å². The molecule has 0 atom stereocenters. The van der Waals surface area contributed by atoms with E-state index in [-0.39, 0.29) is 5.91 Å². The van der Waals surface area contributed by atoms with Gasteiger partial charge in [0, 0.05) is 6.07 Å². The van der Waals surface area contributed by atoms with E-state index in [1.807, 2.05) is 48.5 Å². The SMILES string of the molecule is COc1ccc(OC)c(Nc2ccc(NC(=O)Cc3ccccc3)cn2)c1. The standard InChI is InChI=1S/C21H21N3O3/c1-26-17-9-10-19(27-2)18(13-17)24-20-11-8-16(14-22-20)23-21(25)12-15-6-4-3-5-7-15/h3-11,13-14H,12H2,1-2H3,(H,22,24)(H,23,25). The number of aromatic nitrogens is 1. The number of amides is 1. The molecule has 0 saturated heterocycles. The molecule has 6 nitrogen and oxygen atoms in total. The summed E-state index contributed by atoms with van der Waals surface area (Å²) in [5.41, 5.74) is 2.34. The number of pyridine rings is 1. The van der Waals surface area contributed by atoms with Crippen molar-refractivity contribution >= 4 is 23.1 Å². The minimum Gasteiger partial charge on any atom is -0.497 e. The van der Waals surface area contributed by atoms with Crippen LogP contribution in [0.5, 0.6) is 11.5 Å². The average molecular weight is 363 g/mol. The Balaban J connectivity index is 1.64. The number of nitrogens with one attached hydrogen (secondary N) is 2. The fraction of sp³-hybridized carbons (Fsp3) is 0.143. The van der Waals surface area contributed by atoms with Gasteiger partial charge in [-0.3, -0.25) is 4.79 Å². The number of hydrogen-bond donors (Lipinski definition) is 2. The Bertz CT molecular complexity index is 896. The number of nitrogens with zero attached hydrogens (tertiary/aromatic N) is 1. The predicted molar refractivity (Wildman–Crippen MR) is 106 cm³/mol. The number of anilines is 3. The molecule has 1 aromatic heterocycles. The molecule has 27 heavy (non-hydrogen) atoms. The third-order valence-corrected chi connectivity index (χ3v) is 3.92. The minimum atomic E-state index is -0.0850. The van der Waals surface area contributed by atoms with Gasteiger partial charge in [0.1, 0.15) is 17.3 Å². The van der Waals surface area contributed by atoms with E-state index >= 15 is 0 Å². The van der Waals surface area contributed by atoms with Crippen molar-refractivity contribution < 1.29 is 14.3 Å². The molecule has 1 heterocycles. The zero-order chi connectivity index (χ0) is 19.1. The normalized spacial score (nSPS) is 10.1. The van der Waals surface area contributed by atoms with Crippen molar-refractivity contribution in [3.63, 3.8) is 0 Å². The first-order chi connectivity index (χ1) is 13.2. The van der Waals surface area contributed by atoms with Gasteiger partial charge in [0.25, 0.3) is 0 Å². The molecule has 1 amide bonds. The number of hydrogen-bond acceptors (Lipinski definition) is 5. The highest BCUT2D eigenvalue weighted by atomic mass is 16.5. The minimum absolute atomic E-state index is 0.0850. The van der Waals surface area contributed by atoms with Crippen LogP contribution in [-0.2, 0) is 11.2 Å². The van der Waals surface area contributed by atoms with Gasteiger partial charge in [-0.05, 0) is 29.8 Å². The molecule has 6 heteroatoms. The van der Waals surface area contributed by atoms with E-state index in [9.17, 15) is 4.79 Å². The Morgan fingerprint density at radius 2 is 1.81 bits per heavy atom. The summed E-state index contributed by atoms with van der Waals surface area (Å²) in [6.45, 7) is 0. The second kappa shape index (κ2) is 8.71. The van der Waals surface area contributed by atoms with Gasteiger partial charge in [-0.15, -0.1) is 0 Å². The van der Waals surface area contributed by atoms with E-state index in [4.69, 9.17) is 9.47 Å². The molecule has 0 fully saturated rings. The molecule has 2 N–H and O–H groups in total. The number of ether oxygens (including phenoxy) is 2. The monoisotopic (exact) mass is 363 g/mol. The number of benzene rings is 2. The van der Waals surface area contributed by atoms with E-state index in [0.717, 1.165) is 11.3 Å². The fourth-order valence-electron chi connectivity index (χ4n) is 2.58. The van der Waals surface area contributed by atoms with Crippen LogP contribution in [0.25, 0.3) is 0 Å². The molecule has 0 saturated carbocycles. The summed E-state index contributed by atoms with van der Waals surface area (Å²) in [4.78, 5) is 16.5. The van der Waals surface area contributed by atoms with Gasteiger partial charge in [0.2, 0.25) is 5.91 Å². The molecule has 3 rings (SSSR count). The van der Waals surface area contributed by atoms with E-state index in [0.29, 0.717) is 29.4 Å². The summed E-state index contributed by atoms with van der Waals surface area (Å²) in [7, 11) is 3.21. The lowest BCUT2D eigenvalue weighted by molar-refractivity contribution is -0.115. The first kappa shape index (κ1) is 18.3. The molecular formula is C21H21N3O3. The summed E-state index contributed by atoms with van der Waals surface area (Å²) < 4.78 is 10.6. The Kier molecular flexibility index (Phi) is 5.89. The summed E-state index contributed by atoms with van der Waals surface area (Å²) >= 11 is 0. The van der Waals surface area contributed by atoms with Crippen LogP contribution in [0.15, 0.2) is 66.9 Å². The molecule has 0 aliphatic heterocycles. The highest BCUT2D eigenvalue weighted by Crippen LogP contribution is 2.31. The van der Waals surface area contributed by atoms with Crippen LogP contribution >= 0.6 is 0 Å². The predicted octanol–water partition coefficient (Wildman–Crippen LogP) is 4.02. The van der Waals surface area contributed by atoms with Gasteiger partial charge in [0.05, 0.1) is 38.2 Å². The van der Waals surface area contributed by atoms with E-state index in [1.54, 1.807) is 32.5 Å². The van der Waals surface area contributed by atoms with Crippen molar-refractivity contribution in [2.45, 2.75) is 6.42 Å². The topological polar surface area (TPSA) is 72.5 Å². The zero-order valence-electron chi connectivity index (χ0n) is 15.2. The lowest BCUT2D eigenvalue weighted by Gasteiger charge is -2.12. The van der Waals surface area contributed by atoms with E-state index in [2.05, 4.69) is 15.6 Å². The van der Waals surface area contributed by atoms with Crippen molar-refractivity contribution in [2.75, 3.05) is 24.9 Å². The molecule has 2 aromatic carbocycles. The maximum absolute atomic E-state index is 12.1. The molecule has 138 valence electrons. The number of carbonyl (C=O) groups is 1. The van der Waals surface area contributed by atoms with Crippen molar-refractivity contribution in [2.24, 2.45) is 0 Å². The van der Waals surface area contributed by atoms with Crippen LogP contribution in [0.1, 0.15) is 5.56 Å². The maximum atomic E-state index is 12.1. The molecule has 0 aliphatic rings. The van der Waals surface area contributed by atoms with Gasteiger partial charge < -0.3 is 20.1 Å². The zero-order valence-corrected chi connectivity index (χ0v) is 15.2. The lowest BCUT2D eigenvalue weighted by Crippen LogP contribution is -2.14. The van der Waals surface area contributed by atoms with Crippen LogP contribution in [-0.4, -0.2) is 25.1 Å². The summed E-state index contributed by atoms with van der Waals surface area (Å²) in [5.74, 6) is 1.93. The number of rotatable bonds is 7. The summed E-state index contributed by atoms with van der Waals surface area (Å²) in [6.07, 6.45) is 1.93. The van der Waals surface area contributed by atoms with Gasteiger partial charge in [0.15, 0.2) is 0 Å². The highest BCUT2D eigenvalue weighted by molar-refractivity contribution is 5.92. The second-order valence-electron chi connectivity index (χ2n) is 5.83. The van der Waals surface area contributed by atoms with Crippen LogP contribution in [0.4, 0.5) is 17.2 Å². The van der Waals surface area contributed by atoms with Crippen LogP contribution < -0.4 is 20.1 Å². The Labute approximate surface area is 158 Å². The lowest BCUT2D eigenvalue weighted by atomic mass is 10.1. The van der Waals surface area contributed by atoms with Gasteiger partial charge in [-0.2, -0.15) is 0 Å². The van der Waals surface area contributed by atoms with Gasteiger partial charge in [-0.25, -0.2) is 4.98 Å². The summed E-state index contributed by atoms with van der Waals surface area (Å²) in [6, 6.07) is 18.7. The Morgan fingerprint density at radius 1 is 1.00 bits per heavy atom. The third kappa shape index (κ3) is 4.98. The third-order valence-electron chi connectivity index (χ3n) is 3.92. The Morgan fingerprint density at radius 3 is 2.48 bits per heavy atom. The van der Waals surface area contributed by atoms with Gasteiger partial charge >= 0.3 is 0 Å². The molecule has 0 bridgehead atoms. The first-order valence-electron chi connectivity index (χ1n) is 8.47. The fourth-order valence-corrected chi connectivity index (χ4v) is 2.58. The van der Waals surface area contributed by atoms with E-state index < -0.39 is 0 Å². The number of carbonyl (C=O) groups excluding carboxylic acids is 1. The molecule has 3 aromatic rings. The summed E-state index contributed by atoms with van der Waals surface area (Å²) in [5, 5.41) is 6.04.